The van der Waals surface area contributed by atoms with Crippen LogP contribution < -0.4 is 14.8 Å². The number of nitrogens with one attached hydrogen (secondary N) is 1. The van der Waals surface area contributed by atoms with Crippen LogP contribution in [0.25, 0.3) is 0 Å². The van der Waals surface area contributed by atoms with Crippen LogP contribution in [0.1, 0.15) is 18.7 Å². The molecular weight excluding hydrogens is 324 g/mol. The van der Waals surface area contributed by atoms with Gasteiger partial charge in [0.1, 0.15) is 23.0 Å². The molecule has 1 N–H and O–H groups in total. The van der Waals surface area contributed by atoms with Crippen LogP contribution in [0.2, 0.25) is 0 Å². The fourth-order valence-corrected chi connectivity index (χ4v) is 2.39. The third kappa shape index (κ3) is 5.78. The SMILES string of the molecule is C=CCOc1ccc(Oc2ncc(C#CC(C)NC(C)=O)s2)cc1. The Kier molecular flexibility index (Phi) is 6.41. The summed E-state index contributed by atoms with van der Waals surface area (Å²) in [6, 6.07) is 7.05. The first kappa shape index (κ1) is 17.6. The van der Waals surface area contributed by atoms with Crippen LogP contribution in [0.3, 0.4) is 0 Å². The number of thiazole rings is 1. The quantitative estimate of drug-likeness (QED) is 0.646. The topological polar surface area (TPSA) is 60.5 Å². The van der Waals surface area contributed by atoms with Crippen LogP contribution in [0.5, 0.6) is 16.7 Å². The Hall–Kier alpha value is -2.78. The van der Waals surface area contributed by atoms with Crippen LogP contribution in [0, 0.1) is 11.8 Å². The maximum atomic E-state index is 10.9. The van der Waals surface area contributed by atoms with E-state index in [2.05, 4.69) is 28.7 Å². The summed E-state index contributed by atoms with van der Waals surface area (Å²) in [5, 5.41) is 3.21. The molecule has 1 aromatic carbocycles. The molecule has 0 saturated carbocycles. The number of nitrogens with zero attached hydrogens (tertiary/aromatic N) is 1. The summed E-state index contributed by atoms with van der Waals surface area (Å²) in [5.41, 5.74) is 0. The molecule has 0 aliphatic rings. The van der Waals surface area contributed by atoms with Crippen molar-refractivity contribution in [3.63, 3.8) is 0 Å². The maximum absolute atomic E-state index is 10.9. The molecule has 2 aromatic rings. The fraction of sp³-hybridized carbons (Fsp3) is 0.222. The lowest BCUT2D eigenvalue weighted by Crippen LogP contribution is -2.28. The van der Waals surface area contributed by atoms with Crippen molar-refractivity contribution in [1.29, 1.82) is 0 Å². The molecule has 0 aliphatic heterocycles. The summed E-state index contributed by atoms with van der Waals surface area (Å²) >= 11 is 1.34. The number of aromatic nitrogens is 1. The summed E-state index contributed by atoms with van der Waals surface area (Å²) in [7, 11) is 0. The molecule has 2 rings (SSSR count). The Morgan fingerprint density at radius 2 is 2.12 bits per heavy atom. The van der Waals surface area contributed by atoms with Crippen LogP contribution in [0.4, 0.5) is 0 Å². The lowest BCUT2D eigenvalue weighted by Gasteiger charge is -2.04. The molecule has 1 aromatic heterocycles. The first-order valence-electron chi connectivity index (χ1n) is 7.33. The van der Waals surface area contributed by atoms with E-state index in [9.17, 15) is 4.79 Å². The number of benzene rings is 1. The van der Waals surface area contributed by atoms with Crippen LogP contribution >= 0.6 is 11.3 Å². The lowest BCUT2D eigenvalue weighted by molar-refractivity contribution is -0.119. The van der Waals surface area contributed by atoms with E-state index in [1.165, 1.54) is 18.3 Å². The lowest BCUT2D eigenvalue weighted by atomic mass is 10.3. The molecular formula is C18H18N2O3S. The molecule has 24 heavy (non-hydrogen) atoms. The number of carbonyl (C=O) groups excluding carboxylic acids is 1. The zero-order valence-electron chi connectivity index (χ0n) is 13.5. The summed E-state index contributed by atoms with van der Waals surface area (Å²) in [5.74, 6) is 7.22. The van der Waals surface area contributed by atoms with Gasteiger partial charge in [0.25, 0.3) is 5.19 Å². The molecule has 1 unspecified atom stereocenters. The summed E-state index contributed by atoms with van der Waals surface area (Å²) in [6.07, 6.45) is 3.34. The third-order valence-corrected chi connectivity index (χ3v) is 3.50. The molecule has 0 bridgehead atoms. The zero-order chi connectivity index (χ0) is 17.4. The molecule has 1 heterocycles. The number of hydrogen-bond acceptors (Lipinski definition) is 5. The highest BCUT2D eigenvalue weighted by Gasteiger charge is 2.04. The first-order chi connectivity index (χ1) is 11.6. The van der Waals surface area contributed by atoms with Gasteiger partial charge in [-0.3, -0.25) is 4.79 Å². The Bertz CT molecular complexity index is 757. The zero-order valence-corrected chi connectivity index (χ0v) is 14.4. The van der Waals surface area contributed by atoms with Crippen molar-refractivity contribution in [2.75, 3.05) is 6.61 Å². The second-order valence-corrected chi connectivity index (χ2v) is 5.85. The molecule has 1 atom stereocenters. The van der Waals surface area contributed by atoms with Gasteiger partial charge in [0.15, 0.2) is 0 Å². The molecule has 0 spiro atoms. The Morgan fingerprint density at radius 1 is 1.42 bits per heavy atom. The van der Waals surface area contributed by atoms with E-state index in [-0.39, 0.29) is 11.9 Å². The van der Waals surface area contributed by atoms with Crippen molar-refractivity contribution in [3.8, 4) is 28.5 Å². The van der Waals surface area contributed by atoms with Crippen LogP contribution in [-0.2, 0) is 4.79 Å². The number of carbonyl (C=O) groups is 1. The van der Waals surface area contributed by atoms with E-state index in [4.69, 9.17) is 9.47 Å². The van der Waals surface area contributed by atoms with E-state index in [1.807, 2.05) is 31.2 Å². The van der Waals surface area contributed by atoms with Gasteiger partial charge in [-0.2, -0.15) is 0 Å². The van der Waals surface area contributed by atoms with E-state index < -0.39 is 0 Å². The smallest absolute Gasteiger partial charge is 0.279 e. The third-order valence-electron chi connectivity index (χ3n) is 2.71. The maximum Gasteiger partial charge on any atom is 0.279 e. The van der Waals surface area contributed by atoms with E-state index >= 15 is 0 Å². The number of ether oxygens (including phenoxy) is 2. The Morgan fingerprint density at radius 3 is 2.79 bits per heavy atom. The average Bonchev–Trinajstić information content (AvgIpc) is 2.99. The highest BCUT2D eigenvalue weighted by Crippen LogP contribution is 2.27. The second-order valence-electron chi connectivity index (χ2n) is 4.86. The van der Waals surface area contributed by atoms with Crippen molar-refractivity contribution < 1.29 is 14.3 Å². The first-order valence-corrected chi connectivity index (χ1v) is 8.14. The van der Waals surface area contributed by atoms with E-state index in [0.717, 1.165) is 10.6 Å². The van der Waals surface area contributed by atoms with E-state index in [1.54, 1.807) is 12.3 Å². The van der Waals surface area contributed by atoms with Crippen LogP contribution in [0.15, 0.2) is 43.1 Å². The van der Waals surface area contributed by atoms with Gasteiger partial charge in [0.2, 0.25) is 5.91 Å². The minimum Gasteiger partial charge on any atom is -0.490 e. The molecule has 1 amide bonds. The number of amides is 1. The summed E-state index contributed by atoms with van der Waals surface area (Å²) in [6.45, 7) is 7.35. The van der Waals surface area contributed by atoms with Crippen molar-refractivity contribution >= 4 is 17.2 Å². The van der Waals surface area contributed by atoms with Crippen molar-refractivity contribution in [1.82, 2.24) is 10.3 Å². The molecule has 0 saturated heterocycles. The van der Waals surface area contributed by atoms with Crippen molar-refractivity contribution in [3.05, 3.63) is 48.0 Å². The Labute approximate surface area is 145 Å². The molecule has 0 radical (unpaired) electrons. The molecule has 5 nitrogen and oxygen atoms in total. The van der Waals surface area contributed by atoms with Crippen LogP contribution in [-0.4, -0.2) is 23.5 Å². The van der Waals surface area contributed by atoms with Crippen molar-refractivity contribution in [2.45, 2.75) is 19.9 Å². The van der Waals surface area contributed by atoms with Crippen molar-refractivity contribution in [2.24, 2.45) is 0 Å². The molecule has 0 aliphatic carbocycles. The predicted molar refractivity (Wildman–Crippen MR) is 94.5 cm³/mol. The van der Waals surface area contributed by atoms with Gasteiger partial charge >= 0.3 is 0 Å². The number of hydrogen-bond donors (Lipinski definition) is 1. The summed E-state index contributed by atoms with van der Waals surface area (Å²) < 4.78 is 11.1. The highest BCUT2D eigenvalue weighted by molar-refractivity contribution is 7.13. The summed E-state index contributed by atoms with van der Waals surface area (Å²) in [4.78, 5) is 15.9. The van der Waals surface area contributed by atoms with Gasteiger partial charge in [0, 0.05) is 6.92 Å². The van der Waals surface area contributed by atoms with Gasteiger partial charge in [-0.05, 0) is 31.2 Å². The largest absolute Gasteiger partial charge is 0.490 e. The molecule has 124 valence electrons. The fourth-order valence-electron chi connectivity index (χ4n) is 1.74. The van der Waals surface area contributed by atoms with Gasteiger partial charge in [-0.15, -0.1) is 0 Å². The second kappa shape index (κ2) is 8.75. The highest BCUT2D eigenvalue weighted by atomic mass is 32.1. The standard InChI is InChI=1S/C18H18N2O3S/c1-4-11-22-15-6-8-16(9-7-15)23-18-19-12-17(24-18)10-5-13(2)20-14(3)21/h4,6-9,12-13H,1,11H2,2-3H3,(H,20,21). The minimum absolute atomic E-state index is 0.106. The van der Waals surface area contributed by atoms with Gasteiger partial charge < -0.3 is 14.8 Å². The van der Waals surface area contributed by atoms with Gasteiger partial charge in [-0.1, -0.05) is 35.8 Å². The van der Waals surface area contributed by atoms with Gasteiger partial charge in [-0.25, -0.2) is 4.98 Å². The molecule has 0 fully saturated rings. The average molecular weight is 342 g/mol. The van der Waals surface area contributed by atoms with E-state index in [0.29, 0.717) is 17.6 Å². The monoisotopic (exact) mass is 342 g/mol. The minimum atomic E-state index is -0.211. The Balaban J connectivity index is 1.95. The molecule has 6 heteroatoms. The van der Waals surface area contributed by atoms with Gasteiger partial charge in [0.05, 0.1) is 12.2 Å². The normalized spacial score (nSPS) is 10.9. The number of rotatable bonds is 6. The predicted octanol–water partition coefficient (Wildman–Crippen LogP) is 3.38.